The zero-order valence-electron chi connectivity index (χ0n) is 16.0. The molecule has 3 aromatic rings. The average molecular weight is 416 g/mol. The molecule has 0 unspecified atom stereocenters. The summed E-state index contributed by atoms with van der Waals surface area (Å²) in [4.78, 5) is 30.2. The lowest BCUT2D eigenvalue weighted by Crippen LogP contribution is -2.36. The molecule has 28 heavy (non-hydrogen) atoms. The van der Waals surface area contributed by atoms with Gasteiger partial charge >= 0.3 is 0 Å². The van der Waals surface area contributed by atoms with Crippen LogP contribution in [0.2, 0.25) is 5.02 Å². The van der Waals surface area contributed by atoms with Crippen molar-refractivity contribution in [3.63, 3.8) is 0 Å². The van der Waals surface area contributed by atoms with Crippen molar-refractivity contribution < 1.29 is 4.79 Å². The fourth-order valence-electron chi connectivity index (χ4n) is 2.79. The zero-order chi connectivity index (χ0) is 20.3. The third-order valence-corrected chi connectivity index (χ3v) is 5.65. The first kappa shape index (κ1) is 20.4. The molecule has 0 radical (unpaired) electrons. The van der Waals surface area contributed by atoms with Crippen LogP contribution in [-0.4, -0.2) is 26.8 Å². The molecule has 0 aliphatic carbocycles. The highest BCUT2D eigenvalue weighted by Crippen LogP contribution is 2.25. The molecule has 0 aliphatic heterocycles. The van der Waals surface area contributed by atoms with Gasteiger partial charge in [-0.1, -0.05) is 53.7 Å². The van der Waals surface area contributed by atoms with Gasteiger partial charge < -0.3 is 5.32 Å². The fourth-order valence-corrected chi connectivity index (χ4v) is 3.90. The topological polar surface area (TPSA) is 64.0 Å². The van der Waals surface area contributed by atoms with E-state index >= 15 is 0 Å². The number of hydrogen-bond acceptors (Lipinski definition) is 4. The molecule has 1 atom stereocenters. The number of thioether (sulfide) groups is 1. The van der Waals surface area contributed by atoms with Gasteiger partial charge in [-0.25, -0.2) is 4.98 Å². The van der Waals surface area contributed by atoms with E-state index in [1.807, 2.05) is 51.1 Å². The van der Waals surface area contributed by atoms with Crippen LogP contribution in [0.1, 0.15) is 26.3 Å². The molecule has 146 valence electrons. The summed E-state index contributed by atoms with van der Waals surface area (Å²) in [7, 11) is 0. The highest BCUT2D eigenvalue weighted by Gasteiger charge is 2.20. The normalized spacial score (nSPS) is 12.3. The van der Waals surface area contributed by atoms with Crippen LogP contribution < -0.4 is 10.9 Å². The standard InChI is InChI=1S/C21H22ClN3O2S/c1-13(2)23-19(26)14(3)28-21-24-18-11-7-5-9-16(18)20(27)25(21)12-15-8-4-6-10-17(15)22/h4-11,13-14H,12H2,1-3H3,(H,23,26)/t14-/m0/s1. The van der Waals surface area contributed by atoms with Crippen LogP contribution >= 0.6 is 23.4 Å². The first-order chi connectivity index (χ1) is 13.4. The van der Waals surface area contributed by atoms with Gasteiger partial charge in [0.2, 0.25) is 5.91 Å². The number of carbonyl (C=O) groups is 1. The molecule has 0 fully saturated rings. The highest BCUT2D eigenvalue weighted by atomic mass is 35.5. The van der Waals surface area contributed by atoms with Crippen LogP contribution in [0.4, 0.5) is 0 Å². The number of rotatable bonds is 6. The van der Waals surface area contributed by atoms with Gasteiger partial charge in [-0.3, -0.25) is 14.2 Å². The second-order valence-electron chi connectivity index (χ2n) is 6.82. The lowest BCUT2D eigenvalue weighted by molar-refractivity contribution is -0.120. The third-order valence-electron chi connectivity index (χ3n) is 4.20. The summed E-state index contributed by atoms with van der Waals surface area (Å²) in [5.41, 5.74) is 1.29. The van der Waals surface area contributed by atoms with Crippen molar-refractivity contribution >= 4 is 40.2 Å². The van der Waals surface area contributed by atoms with E-state index in [1.54, 1.807) is 22.8 Å². The lowest BCUT2D eigenvalue weighted by Gasteiger charge is -2.17. The largest absolute Gasteiger partial charge is 0.353 e. The van der Waals surface area contributed by atoms with Gasteiger partial charge in [-0.2, -0.15) is 0 Å². The average Bonchev–Trinajstić information content (AvgIpc) is 2.65. The van der Waals surface area contributed by atoms with E-state index in [-0.39, 0.29) is 24.1 Å². The minimum atomic E-state index is -0.395. The van der Waals surface area contributed by atoms with E-state index in [4.69, 9.17) is 11.6 Å². The molecular weight excluding hydrogens is 394 g/mol. The molecule has 0 spiro atoms. The van der Waals surface area contributed by atoms with Crippen LogP contribution in [0, 0.1) is 0 Å². The van der Waals surface area contributed by atoms with Crippen LogP contribution in [0.15, 0.2) is 58.5 Å². The number of fused-ring (bicyclic) bond motifs is 1. The molecule has 0 saturated carbocycles. The third kappa shape index (κ3) is 4.56. The molecule has 0 bridgehead atoms. The van der Waals surface area contributed by atoms with Gasteiger partial charge in [-0.15, -0.1) is 0 Å². The molecule has 1 heterocycles. The summed E-state index contributed by atoms with van der Waals surface area (Å²) < 4.78 is 1.59. The number of nitrogens with zero attached hydrogens (tertiary/aromatic N) is 2. The first-order valence-corrected chi connectivity index (χ1v) is 10.3. The Kier molecular flexibility index (Phi) is 6.42. The van der Waals surface area contributed by atoms with E-state index in [9.17, 15) is 9.59 Å². The zero-order valence-corrected chi connectivity index (χ0v) is 17.6. The highest BCUT2D eigenvalue weighted by molar-refractivity contribution is 8.00. The molecular formula is C21H22ClN3O2S. The van der Waals surface area contributed by atoms with Crippen LogP contribution in [0.25, 0.3) is 10.9 Å². The van der Waals surface area contributed by atoms with Crippen molar-refractivity contribution in [3.8, 4) is 0 Å². The summed E-state index contributed by atoms with van der Waals surface area (Å²) in [5.74, 6) is -0.0910. The Balaban J connectivity index is 2.05. The second kappa shape index (κ2) is 8.80. The molecule has 1 amide bonds. The van der Waals surface area contributed by atoms with Crippen molar-refractivity contribution in [1.29, 1.82) is 0 Å². The SMILES string of the molecule is CC(C)NC(=O)[C@H](C)Sc1nc2ccccc2c(=O)n1Cc1ccccc1Cl. The van der Waals surface area contributed by atoms with E-state index < -0.39 is 5.25 Å². The molecule has 1 N–H and O–H groups in total. The maximum absolute atomic E-state index is 13.2. The Hall–Kier alpha value is -2.31. The number of amides is 1. The predicted octanol–water partition coefficient (Wildman–Crippen LogP) is 4.10. The number of hydrogen-bond donors (Lipinski definition) is 1. The van der Waals surface area contributed by atoms with E-state index in [2.05, 4.69) is 10.3 Å². The van der Waals surface area contributed by atoms with Crippen molar-refractivity contribution in [2.24, 2.45) is 0 Å². The van der Waals surface area contributed by atoms with Crippen LogP contribution in [0.3, 0.4) is 0 Å². The fraction of sp³-hybridized carbons (Fsp3) is 0.286. The molecule has 3 rings (SSSR count). The smallest absolute Gasteiger partial charge is 0.262 e. The number of para-hydroxylation sites is 1. The van der Waals surface area contributed by atoms with Crippen molar-refractivity contribution in [3.05, 3.63) is 69.5 Å². The minimum Gasteiger partial charge on any atom is -0.353 e. The van der Waals surface area contributed by atoms with Crippen molar-refractivity contribution in [2.45, 2.75) is 43.8 Å². The van der Waals surface area contributed by atoms with Gasteiger partial charge in [-0.05, 0) is 44.5 Å². The number of aromatic nitrogens is 2. The lowest BCUT2D eigenvalue weighted by atomic mass is 10.2. The maximum atomic E-state index is 13.2. The predicted molar refractivity (Wildman–Crippen MR) is 115 cm³/mol. The van der Waals surface area contributed by atoms with Gasteiger partial charge in [0.15, 0.2) is 5.16 Å². The van der Waals surface area contributed by atoms with Crippen LogP contribution in [0.5, 0.6) is 0 Å². The summed E-state index contributed by atoms with van der Waals surface area (Å²) in [6.07, 6.45) is 0. The summed E-state index contributed by atoms with van der Waals surface area (Å²) >= 11 is 7.57. The Morgan fingerprint density at radius 2 is 1.82 bits per heavy atom. The Morgan fingerprint density at radius 3 is 2.54 bits per heavy atom. The van der Waals surface area contributed by atoms with Gasteiger partial charge in [0, 0.05) is 11.1 Å². The number of nitrogens with one attached hydrogen (secondary N) is 1. The van der Waals surface area contributed by atoms with E-state index in [1.165, 1.54) is 11.8 Å². The first-order valence-electron chi connectivity index (χ1n) is 9.07. The summed E-state index contributed by atoms with van der Waals surface area (Å²) in [5, 5.41) is 4.12. The molecule has 7 heteroatoms. The second-order valence-corrected chi connectivity index (χ2v) is 8.53. The summed E-state index contributed by atoms with van der Waals surface area (Å²) in [6.45, 7) is 5.93. The monoisotopic (exact) mass is 415 g/mol. The molecule has 1 aromatic heterocycles. The quantitative estimate of drug-likeness (QED) is 0.486. The molecule has 0 aliphatic rings. The molecule has 5 nitrogen and oxygen atoms in total. The minimum absolute atomic E-state index is 0.0467. The van der Waals surface area contributed by atoms with E-state index in [0.29, 0.717) is 21.1 Å². The van der Waals surface area contributed by atoms with Crippen LogP contribution in [-0.2, 0) is 11.3 Å². The molecule has 2 aromatic carbocycles. The van der Waals surface area contributed by atoms with E-state index in [0.717, 1.165) is 5.56 Å². The number of benzene rings is 2. The Bertz CT molecular complexity index is 1060. The maximum Gasteiger partial charge on any atom is 0.262 e. The number of halogens is 1. The Labute approximate surface area is 173 Å². The Morgan fingerprint density at radius 1 is 1.14 bits per heavy atom. The van der Waals surface area contributed by atoms with Crippen molar-refractivity contribution in [2.75, 3.05) is 0 Å². The van der Waals surface area contributed by atoms with Gasteiger partial charge in [0.05, 0.1) is 22.7 Å². The van der Waals surface area contributed by atoms with Gasteiger partial charge in [0.25, 0.3) is 5.56 Å². The number of carbonyl (C=O) groups excluding carboxylic acids is 1. The molecule has 0 saturated heterocycles. The summed E-state index contributed by atoms with van der Waals surface area (Å²) in [6, 6.07) is 14.7. The van der Waals surface area contributed by atoms with Crippen molar-refractivity contribution in [1.82, 2.24) is 14.9 Å². The van der Waals surface area contributed by atoms with Gasteiger partial charge in [0.1, 0.15) is 0 Å².